The first kappa shape index (κ1) is 24.9. The SMILES string of the molecule is COc1c(I)cc(I)cc1/C=N\Nc1nc(Nc2cc(C)ccc2C)nc(N2CCOCC2)n1. The van der Waals surface area contributed by atoms with E-state index in [9.17, 15) is 0 Å². The first-order valence-corrected chi connectivity index (χ1v) is 12.8. The van der Waals surface area contributed by atoms with Crippen LogP contribution in [0.15, 0.2) is 35.4 Å². The van der Waals surface area contributed by atoms with Crippen LogP contribution in [0.3, 0.4) is 0 Å². The van der Waals surface area contributed by atoms with Gasteiger partial charge in [-0.3, -0.25) is 0 Å². The predicted octanol–water partition coefficient (Wildman–Crippen LogP) is 4.73. The number of nitrogens with one attached hydrogen (secondary N) is 2. The van der Waals surface area contributed by atoms with Gasteiger partial charge in [-0.1, -0.05) is 12.1 Å². The topological polar surface area (TPSA) is 96.8 Å². The molecule has 2 N–H and O–H groups in total. The van der Waals surface area contributed by atoms with Crippen LogP contribution in [-0.2, 0) is 4.74 Å². The van der Waals surface area contributed by atoms with Crippen LogP contribution in [0.4, 0.5) is 23.5 Å². The smallest absolute Gasteiger partial charge is 0.250 e. The number of rotatable bonds is 7. The van der Waals surface area contributed by atoms with Gasteiger partial charge in [-0.15, -0.1) is 0 Å². The normalized spacial score (nSPS) is 13.9. The Morgan fingerprint density at radius 2 is 1.82 bits per heavy atom. The molecule has 0 saturated carbocycles. The van der Waals surface area contributed by atoms with E-state index in [1.54, 1.807) is 13.3 Å². The van der Waals surface area contributed by atoms with Gasteiger partial charge in [0.05, 0.1) is 30.1 Å². The van der Waals surface area contributed by atoms with Crippen molar-refractivity contribution < 1.29 is 9.47 Å². The Kier molecular flexibility index (Phi) is 8.37. The van der Waals surface area contributed by atoms with Crippen LogP contribution in [0.2, 0.25) is 0 Å². The quantitative estimate of drug-likeness (QED) is 0.210. The zero-order chi connectivity index (χ0) is 24.1. The molecule has 1 aliphatic heterocycles. The molecule has 1 aromatic heterocycles. The average Bonchev–Trinajstić information content (AvgIpc) is 2.82. The van der Waals surface area contributed by atoms with Crippen molar-refractivity contribution in [1.82, 2.24) is 15.0 Å². The number of methoxy groups -OCH3 is 1. The van der Waals surface area contributed by atoms with E-state index in [0.717, 1.165) is 35.3 Å². The molecule has 0 aliphatic carbocycles. The molecule has 0 atom stereocenters. The number of hydrogen-bond donors (Lipinski definition) is 2. The van der Waals surface area contributed by atoms with Crippen molar-refractivity contribution in [3.05, 3.63) is 54.2 Å². The second-order valence-corrected chi connectivity index (χ2v) is 10.1. The highest BCUT2D eigenvalue weighted by Crippen LogP contribution is 2.27. The molecule has 4 rings (SSSR count). The second-order valence-electron chi connectivity index (χ2n) is 7.71. The zero-order valence-corrected chi connectivity index (χ0v) is 23.4. The third-order valence-corrected chi connectivity index (χ3v) is 6.59. The molecule has 178 valence electrons. The van der Waals surface area contributed by atoms with Gasteiger partial charge in [0.1, 0.15) is 5.75 Å². The maximum absolute atomic E-state index is 5.54. The van der Waals surface area contributed by atoms with Gasteiger partial charge in [0.2, 0.25) is 17.8 Å². The molecule has 2 heterocycles. The van der Waals surface area contributed by atoms with Crippen LogP contribution in [0, 0.1) is 21.0 Å². The van der Waals surface area contributed by atoms with Crippen LogP contribution in [0.5, 0.6) is 5.75 Å². The Bertz CT molecular complexity index is 1200. The summed E-state index contributed by atoms with van der Waals surface area (Å²) in [6, 6.07) is 10.3. The third-order valence-electron chi connectivity index (χ3n) is 5.17. The Morgan fingerprint density at radius 1 is 1.06 bits per heavy atom. The van der Waals surface area contributed by atoms with E-state index in [1.807, 2.05) is 13.0 Å². The number of aromatic nitrogens is 3. The van der Waals surface area contributed by atoms with E-state index in [0.29, 0.717) is 44.1 Å². The predicted molar refractivity (Wildman–Crippen MR) is 152 cm³/mol. The molecule has 1 saturated heterocycles. The fraction of sp³-hybridized carbons (Fsp3) is 0.304. The number of halogens is 2. The van der Waals surface area contributed by atoms with Crippen LogP contribution in [0.25, 0.3) is 0 Å². The van der Waals surface area contributed by atoms with E-state index in [-0.39, 0.29) is 0 Å². The molecule has 0 radical (unpaired) electrons. The van der Waals surface area contributed by atoms with E-state index < -0.39 is 0 Å². The Hall–Kier alpha value is -2.26. The summed E-state index contributed by atoms with van der Waals surface area (Å²) in [6.07, 6.45) is 1.71. The van der Waals surface area contributed by atoms with Crippen molar-refractivity contribution >= 4 is 74.9 Å². The maximum atomic E-state index is 5.54. The Morgan fingerprint density at radius 3 is 2.59 bits per heavy atom. The summed E-state index contributed by atoms with van der Waals surface area (Å²) in [5, 5.41) is 7.72. The molecule has 0 unspecified atom stereocenters. The van der Waals surface area contributed by atoms with Crippen molar-refractivity contribution in [2.45, 2.75) is 13.8 Å². The first-order valence-electron chi connectivity index (χ1n) is 10.7. The molecule has 2 aromatic carbocycles. The van der Waals surface area contributed by atoms with E-state index in [1.165, 1.54) is 0 Å². The number of morpholine rings is 1. The average molecular weight is 685 g/mol. The molecular weight excluding hydrogens is 660 g/mol. The highest BCUT2D eigenvalue weighted by molar-refractivity contribution is 14.1. The molecule has 1 aliphatic rings. The van der Waals surface area contributed by atoms with Crippen molar-refractivity contribution in [2.24, 2.45) is 5.10 Å². The number of hydrogen-bond acceptors (Lipinski definition) is 9. The molecular formula is C23H25I2N7O2. The van der Waals surface area contributed by atoms with Crippen molar-refractivity contribution in [3.8, 4) is 5.75 Å². The second kappa shape index (κ2) is 11.4. The molecule has 9 nitrogen and oxygen atoms in total. The number of nitrogens with zero attached hydrogens (tertiary/aromatic N) is 5. The van der Waals surface area contributed by atoms with Crippen LogP contribution in [0.1, 0.15) is 16.7 Å². The summed E-state index contributed by atoms with van der Waals surface area (Å²) in [7, 11) is 1.65. The van der Waals surface area contributed by atoms with Gasteiger partial charge < -0.3 is 19.7 Å². The monoisotopic (exact) mass is 685 g/mol. The minimum Gasteiger partial charge on any atom is -0.495 e. The molecule has 0 bridgehead atoms. The zero-order valence-electron chi connectivity index (χ0n) is 19.1. The number of aryl methyl sites for hydroxylation is 2. The molecule has 1 fully saturated rings. The van der Waals surface area contributed by atoms with Crippen LogP contribution >= 0.6 is 45.2 Å². The van der Waals surface area contributed by atoms with Gasteiger partial charge in [-0.05, 0) is 88.4 Å². The molecule has 3 aromatic rings. The van der Waals surface area contributed by atoms with Gasteiger partial charge in [0, 0.05) is 27.9 Å². The fourth-order valence-electron chi connectivity index (χ4n) is 3.42. The first-order chi connectivity index (χ1) is 16.4. The van der Waals surface area contributed by atoms with Gasteiger partial charge in [0.15, 0.2) is 0 Å². The highest BCUT2D eigenvalue weighted by atomic mass is 127. The highest BCUT2D eigenvalue weighted by Gasteiger charge is 2.17. The Labute approximate surface area is 226 Å². The summed E-state index contributed by atoms with van der Waals surface area (Å²) < 4.78 is 13.1. The minimum atomic E-state index is 0.347. The lowest BCUT2D eigenvalue weighted by Gasteiger charge is -2.27. The number of anilines is 4. The van der Waals surface area contributed by atoms with Gasteiger partial charge in [0.25, 0.3) is 0 Å². The standard InChI is InChI=1S/C23H25I2N7O2/c1-14-4-5-15(2)19(10-14)27-21-28-22(30-23(29-21)32-6-8-34-9-7-32)31-26-13-16-11-17(24)12-18(25)20(16)33-3/h4-5,10-13H,6-9H2,1-3H3,(H2,27,28,29,30,31)/b26-13-. The summed E-state index contributed by atoms with van der Waals surface area (Å²) in [5.41, 5.74) is 7.03. The van der Waals surface area contributed by atoms with E-state index >= 15 is 0 Å². The van der Waals surface area contributed by atoms with E-state index in [4.69, 9.17) is 9.47 Å². The molecule has 0 spiro atoms. The summed E-state index contributed by atoms with van der Waals surface area (Å²) in [4.78, 5) is 15.9. The number of benzene rings is 2. The largest absolute Gasteiger partial charge is 0.495 e. The molecule has 11 heteroatoms. The lowest BCUT2D eigenvalue weighted by Crippen LogP contribution is -2.37. The van der Waals surface area contributed by atoms with Crippen molar-refractivity contribution in [3.63, 3.8) is 0 Å². The van der Waals surface area contributed by atoms with Crippen LogP contribution < -0.4 is 20.4 Å². The maximum Gasteiger partial charge on any atom is 0.250 e. The van der Waals surface area contributed by atoms with Gasteiger partial charge >= 0.3 is 0 Å². The lowest BCUT2D eigenvalue weighted by molar-refractivity contribution is 0.122. The van der Waals surface area contributed by atoms with Gasteiger partial charge in [-0.25, -0.2) is 5.43 Å². The Balaban J connectivity index is 1.63. The molecule has 0 amide bonds. The summed E-state index contributed by atoms with van der Waals surface area (Å²) in [5.74, 6) is 2.14. The summed E-state index contributed by atoms with van der Waals surface area (Å²) in [6.45, 7) is 6.81. The fourth-order valence-corrected chi connectivity index (χ4v) is 5.53. The van der Waals surface area contributed by atoms with E-state index in [2.05, 4.69) is 112 Å². The van der Waals surface area contributed by atoms with Crippen molar-refractivity contribution in [2.75, 3.05) is 49.1 Å². The lowest BCUT2D eigenvalue weighted by atomic mass is 10.1. The number of hydrazone groups is 1. The van der Waals surface area contributed by atoms with Gasteiger partial charge in [-0.2, -0.15) is 20.1 Å². The third kappa shape index (κ3) is 6.24. The molecule has 34 heavy (non-hydrogen) atoms. The minimum absolute atomic E-state index is 0.347. The van der Waals surface area contributed by atoms with Crippen LogP contribution in [-0.4, -0.2) is 54.6 Å². The van der Waals surface area contributed by atoms with Crippen molar-refractivity contribution in [1.29, 1.82) is 0 Å². The number of ether oxygens (including phenoxy) is 2. The summed E-state index contributed by atoms with van der Waals surface area (Å²) >= 11 is 4.53.